The zero-order chi connectivity index (χ0) is 15.5. The van der Waals surface area contributed by atoms with Gasteiger partial charge in [0, 0.05) is 12.1 Å². The Morgan fingerprint density at radius 3 is 2.77 bits per heavy atom. The highest BCUT2D eigenvalue weighted by Crippen LogP contribution is 2.29. The summed E-state index contributed by atoms with van der Waals surface area (Å²) in [5, 5.41) is 12.3. The molecule has 6 heteroatoms. The molecule has 22 heavy (non-hydrogen) atoms. The second-order valence-electron chi connectivity index (χ2n) is 5.32. The Morgan fingerprint density at radius 2 is 2.05 bits per heavy atom. The number of carboxylic acid groups (broad SMARTS) is 1. The van der Waals surface area contributed by atoms with Crippen molar-refractivity contribution in [2.75, 3.05) is 6.54 Å². The summed E-state index contributed by atoms with van der Waals surface area (Å²) >= 11 is 0. The summed E-state index contributed by atoms with van der Waals surface area (Å²) < 4.78 is 1.69. The first kappa shape index (κ1) is 14.3. The zero-order valence-electron chi connectivity index (χ0n) is 12.0. The van der Waals surface area contributed by atoms with Gasteiger partial charge in [0.2, 0.25) is 5.91 Å². The van der Waals surface area contributed by atoms with E-state index in [4.69, 9.17) is 0 Å². The Hall–Kier alpha value is -2.63. The van der Waals surface area contributed by atoms with Crippen molar-refractivity contribution in [1.82, 2.24) is 14.9 Å². The normalized spacial score (nSPS) is 18.5. The maximum absolute atomic E-state index is 12.3. The molecule has 1 aliphatic rings. The number of carbonyl (C=O) groups is 2. The third-order valence-corrected chi connectivity index (χ3v) is 3.89. The lowest BCUT2D eigenvalue weighted by Crippen LogP contribution is -2.31. The molecule has 0 aliphatic carbocycles. The first-order valence-electron chi connectivity index (χ1n) is 7.31. The number of rotatable bonds is 3. The number of hydrogen-bond donors (Lipinski definition) is 2. The summed E-state index contributed by atoms with van der Waals surface area (Å²) in [6.07, 6.45) is 3.99. The number of aromatic carboxylic acids is 1. The average Bonchev–Trinajstić information content (AvgIpc) is 2.85. The van der Waals surface area contributed by atoms with Crippen molar-refractivity contribution in [3.63, 3.8) is 0 Å². The van der Waals surface area contributed by atoms with Gasteiger partial charge in [0.05, 0.1) is 12.0 Å². The van der Waals surface area contributed by atoms with Crippen LogP contribution in [-0.4, -0.2) is 33.1 Å². The monoisotopic (exact) mass is 299 g/mol. The Kier molecular flexibility index (Phi) is 3.91. The fourth-order valence-electron chi connectivity index (χ4n) is 2.82. The van der Waals surface area contributed by atoms with Gasteiger partial charge >= 0.3 is 5.97 Å². The molecule has 1 aromatic heterocycles. The van der Waals surface area contributed by atoms with Crippen LogP contribution in [-0.2, 0) is 4.79 Å². The summed E-state index contributed by atoms with van der Waals surface area (Å²) in [5.74, 6) is -1.17. The van der Waals surface area contributed by atoms with E-state index in [0.717, 1.165) is 18.4 Å². The lowest BCUT2D eigenvalue weighted by Gasteiger charge is -2.18. The third-order valence-electron chi connectivity index (χ3n) is 3.89. The van der Waals surface area contributed by atoms with Gasteiger partial charge in [-0.05, 0) is 19.3 Å². The van der Waals surface area contributed by atoms with E-state index in [1.165, 1.54) is 6.33 Å². The maximum Gasteiger partial charge on any atom is 0.356 e. The Balaban J connectivity index is 2.12. The first-order valence-corrected chi connectivity index (χ1v) is 7.31. The van der Waals surface area contributed by atoms with Crippen molar-refractivity contribution in [3.8, 4) is 11.3 Å². The minimum absolute atomic E-state index is 0.0248. The van der Waals surface area contributed by atoms with Gasteiger partial charge in [0.1, 0.15) is 6.04 Å². The first-order chi connectivity index (χ1) is 10.7. The molecule has 0 saturated carbocycles. The van der Waals surface area contributed by atoms with Crippen LogP contribution in [0, 0.1) is 0 Å². The van der Waals surface area contributed by atoms with E-state index < -0.39 is 12.0 Å². The summed E-state index contributed by atoms with van der Waals surface area (Å²) in [6, 6.07) is 8.78. The predicted octanol–water partition coefficient (Wildman–Crippen LogP) is 2.09. The van der Waals surface area contributed by atoms with Crippen molar-refractivity contribution in [2.24, 2.45) is 0 Å². The van der Waals surface area contributed by atoms with Gasteiger partial charge in [-0.3, -0.25) is 4.79 Å². The molecule has 2 N–H and O–H groups in total. The van der Waals surface area contributed by atoms with E-state index in [1.54, 1.807) is 4.57 Å². The van der Waals surface area contributed by atoms with Crippen molar-refractivity contribution in [1.29, 1.82) is 0 Å². The van der Waals surface area contributed by atoms with E-state index in [1.807, 2.05) is 30.3 Å². The van der Waals surface area contributed by atoms with Crippen LogP contribution >= 0.6 is 0 Å². The van der Waals surface area contributed by atoms with Crippen LogP contribution in [0.4, 0.5) is 0 Å². The minimum Gasteiger partial charge on any atom is -0.476 e. The molecular weight excluding hydrogens is 282 g/mol. The van der Waals surface area contributed by atoms with Gasteiger partial charge in [0.25, 0.3) is 0 Å². The Bertz CT molecular complexity index is 694. The highest BCUT2D eigenvalue weighted by Gasteiger charge is 2.28. The number of imidazole rings is 1. The molecule has 6 nitrogen and oxygen atoms in total. The molecule has 1 unspecified atom stereocenters. The van der Waals surface area contributed by atoms with E-state index in [2.05, 4.69) is 10.3 Å². The average molecular weight is 299 g/mol. The van der Waals surface area contributed by atoms with Crippen LogP contribution in [0.5, 0.6) is 0 Å². The number of aromatic nitrogens is 2. The number of amides is 1. The molecule has 3 rings (SSSR count). The second-order valence-corrected chi connectivity index (χ2v) is 5.32. The highest BCUT2D eigenvalue weighted by molar-refractivity contribution is 5.93. The molecule has 1 saturated heterocycles. The Morgan fingerprint density at radius 1 is 1.27 bits per heavy atom. The topological polar surface area (TPSA) is 84.2 Å². The van der Waals surface area contributed by atoms with Gasteiger partial charge in [-0.2, -0.15) is 0 Å². The van der Waals surface area contributed by atoms with E-state index in [-0.39, 0.29) is 11.6 Å². The van der Waals surface area contributed by atoms with E-state index in [9.17, 15) is 14.7 Å². The summed E-state index contributed by atoms with van der Waals surface area (Å²) in [7, 11) is 0. The quantitative estimate of drug-likeness (QED) is 0.909. The molecule has 0 radical (unpaired) electrons. The fourth-order valence-corrected chi connectivity index (χ4v) is 2.82. The number of hydrogen-bond acceptors (Lipinski definition) is 3. The zero-order valence-corrected chi connectivity index (χ0v) is 12.0. The molecule has 2 aromatic rings. The maximum atomic E-state index is 12.3. The Labute approximate surface area is 127 Å². The van der Waals surface area contributed by atoms with Crippen molar-refractivity contribution in [2.45, 2.75) is 25.3 Å². The lowest BCUT2D eigenvalue weighted by atomic mass is 10.1. The van der Waals surface area contributed by atoms with Gasteiger partial charge in [0.15, 0.2) is 5.69 Å². The molecule has 0 spiro atoms. The van der Waals surface area contributed by atoms with E-state index >= 15 is 0 Å². The minimum atomic E-state index is -1.09. The standard InChI is InChI=1S/C16H17N3O3/c20-15-12(8-4-5-9-17-15)19-10-18-13(16(21)22)14(19)11-6-2-1-3-7-11/h1-3,6-7,10,12H,4-5,8-9H2,(H,17,20)(H,21,22). The fraction of sp³-hybridized carbons (Fsp3) is 0.312. The van der Waals surface area contributed by atoms with Crippen LogP contribution in [0.3, 0.4) is 0 Å². The van der Waals surface area contributed by atoms with Crippen molar-refractivity contribution >= 4 is 11.9 Å². The van der Waals surface area contributed by atoms with E-state index in [0.29, 0.717) is 18.7 Å². The number of nitrogens with zero attached hydrogens (tertiary/aromatic N) is 2. The molecular formula is C16H17N3O3. The van der Waals surface area contributed by atoms with Gasteiger partial charge in [-0.25, -0.2) is 9.78 Å². The smallest absolute Gasteiger partial charge is 0.356 e. The van der Waals surface area contributed by atoms with Crippen molar-refractivity contribution in [3.05, 3.63) is 42.4 Å². The van der Waals surface area contributed by atoms with Crippen molar-refractivity contribution < 1.29 is 14.7 Å². The largest absolute Gasteiger partial charge is 0.476 e. The molecule has 2 heterocycles. The highest BCUT2D eigenvalue weighted by atomic mass is 16.4. The molecule has 1 atom stereocenters. The molecule has 114 valence electrons. The number of benzene rings is 1. The molecule has 1 amide bonds. The lowest BCUT2D eigenvalue weighted by molar-refractivity contribution is -0.124. The van der Waals surface area contributed by atoms with Crippen LogP contribution in [0.1, 0.15) is 35.8 Å². The van der Waals surface area contributed by atoms with Crippen LogP contribution in [0.2, 0.25) is 0 Å². The van der Waals surface area contributed by atoms with Gasteiger partial charge in [-0.15, -0.1) is 0 Å². The van der Waals surface area contributed by atoms with Crippen LogP contribution < -0.4 is 5.32 Å². The second kappa shape index (κ2) is 6.01. The number of nitrogens with one attached hydrogen (secondary N) is 1. The number of carboxylic acids is 1. The van der Waals surface area contributed by atoms with Crippen LogP contribution in [0.15, 0.2) is 36.7 Å². The molecule has 1 fully saturated rings. The van der Waals surface area contributed by atoms with Gasteiger partial charge in [-0.1, -0.05) is 30.3 Å². The van der Waals surface area contributed by atoms with Gasteiger partial charge < -0.3 is 15.0 Å². The predicted molar refractivity (Wildman–Crippen MR) is 80.5 cm³/mol. The number of carbonyl (C=O) groups excluding carboxylic acids is 1. The molecule has 0 bridgehead atoms. The summed E-state index contributed by atoms with van der Waals surface area (Å²) in [6.45, 7) is 0.663. The summed E-state index contributed by atoms with van der Waals surface area (Å²) in [4.78, 5) is 27.8. The summed E-state index contributed by atoms with van der Waals surface area (Å²) in [5.41, 5.74) is 1.20. The SMILES string of the molecule is O=C(O)c1ncn(C2CCCCNC2=O)c1-c1ccccc1. The molecule has 1 aromatic carbocycles. The molecule has 1 aliphatic heterocycles. The van der Waals surface area contributed by atoms with Crippen LogP contribution in [0.25, 0.3) is 11.3 Å². The third kappa shape index (κ3) is 2.59.